The van der Waals surface area contributed by atoms with Crippen LogP contribution in [0.2, 0.25) is 0 Å². The van der Waals surface area contributed by atoms with E-state index in [9.17, 15) is 15.2 Å². The number of halogens is 1. The maximum Gasteiger partial charge on any atom is 0.311 e. The highest BCUT2D eigenvalue weighted by atomic mass is 35.5. The number of aromatic hydroxyl groups is 1. The minimum atomic E-state index is -0.655. The third-order valence-corrected chi connectivity index (χ3v) is 2.30. The molecule has 0 saturated heterocycles. The van der Waals surface area contributed by atoms with Gasteiger partial charge < -0.3 is 15.9 Å². The molecular formula is C10H15ClN2O4. The zero-order valence-corrected chi connectivity index (χ0v) is 9.89. The van der Waals surface area contributed by atoms with Gasteiger partial charge in [0.05, 0.1) is 4.92 Å². The molecule has 7 heteroatoms. The predicted molar refractivity (Wildman–Crippen MR) is 65.3 cm³/mol. The number of nitrogens with zero attached hydrogens (tertiary/aromatic N) is 1. The maximum atomic E-state index is 10.6. The van der Waals surface area contributed by atoms with E-state index in [4.69, 9.17) is 10.8 Å². The zero-order chi connectivity index (χ0) is 12.1. The highest BCUT2D eigenvalue weighted by molar-refractivity contribution is 5.85. The van der Waals surface area contributed by atoms with E-state index < -0.39 is 4.92 Å². The number of nitro benzene ring substituents is 1. The molecule has 1 atom stereocenters. The van der Waals surface area contributed by atoms with Gasteiger partial charge in [-0.1, -0.05) is 6.07 Å². The number of aliphatic hydroxyl groups is 1. The van der Waals surface area contributed by atoms with Gasteiger partial charge >= 0.3 is 5.69 Å². The number of aliphatic hydroxyl groups excluding tert-OH is 1. The first kappa shape index (κ1) is 15.6. The van der Waals surface area contributed by atoms with Gasteiger partial charge in [0, 0.05) is 18.7 Å². The second-order valence-corrected chi connectivity index (χ2v) is 3.48. The predicted octanol–water partition coefficient (Wildman–Crippen LogP) is 1.49. The van der Waals surface area contributed by atoms with Crippen LogP contribution in [0, 0.1) is 10.1 Å². The summed E-state index contributed by atoms with van der Waals surface area (Å²) in [5.74, 6) is -0.372. The van der Waals surface area contributed by atoms with E-state index in [2.05, 4.69) is 0 Å². The van der Waals surface area contributed by atoms with E-state index in [0.29, 0.717) is 18.4 Å². The molecule has 17 heavy (non-hydrogen) atoms. The summed E-state index contributed by atoms with van der Waals surface area (Å²) in [5.41, 5.74) is 6.02. The van der Waals surface area contributed by atoms with Gasteiger partial charge in [-0.05, 0) is 24.5 Å². The largest absolute Gasteiger partial charge is 0.502 e. The minimum absolute atomic E-state index is 0. The lowest BCUT2D eigenvalue weighted by Crippen LogP contribution is -2.11. The van der Waals surface area contributed by atoms with Crippen LogP contribution in [0.4, 0.5) is 5.69 Å². The van der Waals surface area contributed by atoms with Crippen molar-refractivity contribution in [2.24, 2.45) is 5.73 Å². The summed E-state index contributed by atoms with van der Waals surface area (Å²) in [5, 5.41) is 28.5. The number of nitrogens with two attached hydrogens (primary N) is 1. The smallest absolute Gasteiger partial charge is 0.311 e. The Morgan fingerprint density at radius 3 is 2.65 bits per heavy atom. The topological polar surface area (TPSA) is 110 Å². The van der Waals surface area contributed by atoms with Gasteiger partial charge in [-0.3, -0.25) is 10.1 Å². The molecule has 4 N–H and O–H groups in total. The van der Waals surface area contributed by atoms with Crippen molar-refractivity contribution in [3.8, 4) is 5.75 Å². The molecule has 1 rings (SSSR count). The number of rotatable bonds is 5. The van der Waals surface area contributed by atoms with Gasteiger partial charge in [0.15, 0.2) is 5.75 Å². The molecule has 0 aliphatic heterocycles. The van der Waals surface area contributed by atoms with Crippen molar-refractivity contribution in [1.29, 1.82) is 0 Å². The molecule has 0 spiro atoms. The first-order valence-electron chi connectivity index (χ1n) is 4.90. The molecule has 0 unspecified atom stereocenters. The minimum Gasteiger partial charge on any atom is -0.502 e. The fourth-order valence-electron chi connectivity index (χ4n) is 1.40. The lowest BCUT2D eigenvalue weighted by atomic mass is 10.0. The normalized spacial score (nSPS) is 11.6. The molecular weight excluding hydrogens is 248 g/mol. The summed E-state index contributed by atoms with van der Waals surface area (Å²) in [6.07, 6.45) is 1.08. The third kappa shape index (κ3) is 4.18. The van der Waals surface area contributed by atoms with Crippen molar-refractivity contribution in [3.05, 3.63) is 33.9 Å². The Hall–Kier alpha value is -1.37. The van der Waals surface area contributed by atoms with Crippen molar-refractivity contribution in [1.82, 2.24) is 0 Å². The number of phenols is 1. The Bertz CT molecular complexity index is 387. The van der Waals surface area contributed by atoms with E-state index in [-0.39, 0.29) is 36.5 Å². The van der Waals surface area contributed by atoms with Crippen LogP contribution >= 0.6 is 12.4 Å². The van der Waals surface area contributed by atoms with Gasteiger partial charge in [0.2, 0.25) is 0 Å². The molecule has 0 bridgehead atoms. The Labute approximate surface area is 105 Å². The number of nitro groups is 1. The molecule has 0 fully saturated rings. The average Bonchev–Trinajstić information content (AvgIpc) is 2.26. The standard InChI is InChI=1S/C10H14N2O4.ClH/c11-8(2-1-5-13)7-3-4-10(14)9(6-7)12(15)16;/h3-4,6,8,13-14H,1-2,5,11H2;1H/t8-;/m1./s1. The van der Waals surface area contributed by atoms with Gasteiger partial charge in [0.25, 0.3) is 0 Å². The Morgan fingerprint density at radius 2 is 2.12 bits per heavy atom. The summed E-state index contributed by atoms with van der Waals surface area (Å²) in [4.78, 5) is 9.92. The maximum absolute atomic E-state index is 10.6. The first-order valence-corrected chi connectivity index (χ1v) is 4.90. The molecule has 6 nitrogen and oxygen atoms in total. The van der Waals surface area contributed by atoms with Crippen LogP contribution in [-0.2, 0) is 0 Å². The number of hydrogen-bond acceptors (Lipinski definition) is 5. The van der Waals surface area contributed by atoms with Crippen molar-refractivity contribution < 1.29 is 15.1 Å². The van der Waals surface area contributed by atoms with Gasteiger partial charge in [-0.2, -0.15) is 0 Å². The molecule has 0 aliphatic rings. The van der Waals surface area contributed by atoms with Crippen LogP contribution < -0.4 is 5.73 Å². The van der Waals surface area contributed by atoms with Crippen LogP contribution in [0.15, 0.2) is 18.2 Å². The summed E-state index contributed by atoms with van der Waals surface area (Å²) >= 11 is 0. The Morgan fingerprint density at radius 1 is 1.47 bits per heavy atom. The highest BCUT2D eigenvalue weighted by Gasteiger charge is 2.16. The number of benzene rings is 1. The van der Waals surface area contributed by atoms with Crippen LogP contribution in [0.25, 0.3) is 0 Å². The van der Waals surface area contributed by atoms with Crippen molar-refractivity contribution in [3.63, 3.8) is 0 Å². The summed E-state index contributed by atoms with van der Waals surface area (Å²) in [6, 6.07) is 3.69. The lowest BCUT2D eigenvalue weighted by Gasteiger charge is -2.11. The van der Waals surface area contributed by atoms with Gasteiger partial charge in [0.1, 0.15) is 0 Å². The van der Waals surface area contributed by atoms with E-state index in [1.165, 1.54) is 12.1 Å². The van der Waals surface area contributed by atoms with E-state index in [1.807, 2.05) is 0 Å². The molecule has 1 aromatic rings. The van der Waals surface area contributed by atoms with Crippen molar-refractivity contribution >= 4 is 18.1 Å². The first-order chi connectivity index (χ1) is 7.56. The summed E-state index contributed by atoms with van der Waals surface area (Å²) in [7, 11) is 0. The number of hydrogen-bond donors (Lipinski definition) is 3. The van der Waals surface area contributed by atoms with Gasteiger partial charge in [-0.25, -0.2) is 0 Å². The molecule has 0 heterocycles. The van der Waals surface area contributed by atoms with Crippen LogP contribution in [-0.4, -0.2) is 21.7 Å². The fraction of sp³-hybridized carbons (Fsp3) is 0.400. The van der Waals surface area contributed by atoms with Gasteiger partial charge in [-0.15, -0.1) is 12.4 Å². The Balaban J connectivity index is 0.00000256. The van der Waals surface area contributed by atoms with Crippen molar-refractivity contribution in [2.75, 3.05) is 6.61 Å². The van der Waals surface area contributed by atoms with E-state index in [0.717, 1.165) is 0 Å². The van der Waals surface area contributed by atoms with Crippen molar-refractivity contribution in [2.45, 2.75) is 18.9 Å². The van der Waals surface area contributed by atoms with Crippen LogP contribution in [0.1, 0.15) is 24.4 Å². The SMILES string of the molecule is Cl.N[C@H](CCCO)c1ccc(O)c([N+](=O)[O-])c1. The Kier molecular flexibility index (Phi) is 6.48. The average molecular weight is 263 g/mol. The summed E-state index contributed by atoms with van der Waals surface area (Å²) in [6.45, 7) is 0.0356. The molecule has 0 amide bonds. The summed E-state index contributed by atoms with van der Waals surface area (Å²) < 4.78 is 0. The van der Waals surface area contributed by atoms with E-state index >= 15 is 0 Å². The molecule has 96 valence electrons. The molecule has 0 aliphatic carbocycles. The third-order valence-electron chi connectivity index (χ3n) is 2.30. The quantitative estimate of drug-likeness (QED) is 0.550. The molecule has 0 saturated carbocycles. The number of phenolic OH excluding ortho intramolecular Hbond substituents is 1. The lowest BCUT2D eigenvalue weighted by molar-refractivity contribution is -0.385. The molecule has 0 aromatic heterocycles. The highest BCUT2D eigenvalue weighted by Crippen LogP contribution is 2.29. The van der Waals surface area contributed by atoms with Crippen LogP contribution in [0.3, 0.4) is 0 Å². The zero-order valence-electron chi connectivity index (χ0n) is 9.07. The second-order valence-electron chi connectivity index (χ2n) is 3.48. The monoisotopic (exact) mass is 262 g/mol. The second kappa shape index (κ2) is 7.05. The molecule has 0 radical (unpaired) electrons. The molecule has 1 aromatic carbocycles. The van der Waals surface area contributed by atoms with E-state index in [1.54, 1.807) is 6.07 Å². The fourth-order valence-corrected chi connectivity index (χ4v) is 1.40. The van der Waals surface area contributed by atoms with Crippen LogP contribution in [0.5, 0.6) is 5.75 Å².